The van der Waals surface area contributed by atoms with Gasteiger partial charge in [0, 0.05) is 25.2 Å². The van der Waals surface area contributed by atoms with E-state index < -0.39 is 0 Å². The van der Waals surface area contributed by atoms with Gasteiger partial charge in [0.2, 0.25) is 0 Å². The maximum atomic E-state index is 13.9. The van der Waals surface area contributed by atoms with Gasteiger partial charge in [0.15, 0.2) is 11.6 Å². The average molecular weight is 280 g/mol. The first-order chi connectivity index (χ1) is 9.56. The molecular weight excluding hydrogens is 255 g/mol. The van der Waals surface area contributed by atoms with E-state index in [4.69, 9.17) is 10.5 Å². The SMILES string of the molecule is COc1ccc(C(CN)N(CC2CC2)C(C)C)cc1F. The van der Waals surface area contributed by atoms with E-state index in [1.807, 2.05) is 6.07 Å². The van der Waals surface area contributed by atoms with Crippen LogP contribution in [0.15, 0.2) is 18.2 Å². The molecule has 112 valence electrons. The van der Waals surface area contributed by atoms with Crippen molar-refractivity contribution in [2.75, 3.05) is 20.2 Å². The highest BCUT2D eigenvalue weighted by molar-refractivity contribution is 5.31. The Morgan fingerprint density at radius 2 is 2.10 bits per heavy atom. The van der Waals surface area contributed by atoms with Gasteiger partial charge in [0.05, 0.1) is 7.11 Å². The lowest BCUT2D eigenvalue weighted by atomic mass is 10.0. The summed E-state index contributed by atoms with van der Waals surface area (Å²) in [4.78, 5) is 2.39. The molecule has 1 saturated carbocycles. The average Bonchev–Trinajstić information content (AvgIpc) is 3.22. The molecule has 0 bridgehead atoms. The summed E-state index contributed by atoms with van der Waals surface area (Å²) < 4.78 is 18.9. The molecule has 1 atom stereocenters. The van der Waals surface area contributed by atoms with Crippen LogP contribution in [-0.4, -0.2) is 31.1 Å². The fraction of sp³-hybridized carbons (Fsp3) is 0.625. The van der Waals surface area contributed by atoms with Gasteiger partial charge in [-0.3, -0.25) is 4.90 Å². The summed E-state index contributed by atoms with van der Waals surface area (Å²) in [6.07, 6.45) is 2.61. The largest absolute Gasteiger partial charge is 0.494 e. The van der Waals surface area contributed by atoms with E-state index in [-0.39, 0.29) is 17.6 Å². The minimum Gasteiger partial charge on any atom is -0.494 e. The first-order valence-electron chi connectivity index (χ1n) is 7.36. The number of ether oxygens (including phenoxy) is 1. The van der Waals surface area contributed by atoms with E-state index in [1.165, 1.54) is 20.0 Å². The first kappa shape index (κ1) is 15.3. The maximum Gasteiger partial charge on any atom is 0.165 e. The molecule has 1 aromatic carbocycles. The zero-order valence-corrected chi connectivity index (χ0v) is 12.6. The third-order valence-electron chi connectivity index (χ3n) is 4.01. The van der Waals surface area contributed by atoms with Crippen molar-refractivity contribution in [3.05, 3.63) is 29.6 Å². The van der Waals surface area contributed by atoms with Crippen molar-refractivity contribution >= 4 is 0 Å². The van der Waals surface area contributed by atoms with E-state index in [9.17, 15) is 4.39 Å². The molecule has 1 fully saturated rings. The zero-order chi connectivity index (χ0) is 14.7. The van der Waals surface area contributed by atoms with Gasteiger partial charge in [-0.1, -0.05) is 6.07 Å². The maximum absolute atomic E-state index is 13.9. The van der Waals surface area contributed by atoms with Crippen molar-refractivity contribution in [1.82, 2.24) is 4.90 Å². The van der Waals surface area contributed by atoms with E-state index >= 15 is 0 Å². The topological polar surface area (TPSA) is 38.5 Å². The fourth-order valence-electron chi connectivity index (χ4n) is 2.65. The molecule has 1 unspecified atom stereocenters. The van der Waals surface area contributed by atoms with Crippen LogP contribution in [0.3, 0.4) is 0 Å². The van der Waals surface area contributed by atoms with E-state index in [2.05, 4.69) is 18.7 Å². The number of hydrogen-bond acceptors (Lipinski definition) is 3. The lowest BCUT2D eigenvalue weighted by molar-refractivity contribution is 0.149. The van der Waals surface area contributed by atoms with Crippen molar-refractivity contribution in [2.45, 2.75) is 38.8 Å². The van der Waals surface area contributed by atoms with Crippen molar-refractivity contribution in [3.63, 3.8) is 0 Å². The predicted molar refractivity (Wildman–Crippen MR) is 79.3 cm³/mol. The Bertz CT molecular complexity index is 446. The van der Waals surface area contributed by atoms with Crippen molar-refractivity contribution in [1.29, 1.82) is 0 Å². The van der Waals surface area contributed by atoms with Gasteiger partial charge in [-0.05, 0) is 50.3 Å². The van der Waals surface area contributed by atoms with Gasteiger partial charge in [-0.15, -0.1) is 0 Å². The van der Waals surface area contributed by atoms with Crippen molar-refractivity contribution in [2.24, 2.45) is 11.7 Å². The van der Waals surface area contributed by atoms with Crippen LogP contribution in [0.1, 0.15) is 38.3 Å². The molecule has 0 aromatic heterocycles. The molecule has 0 radical (unpaired) electrons. The minimum absolute atomic E-state index is 0.0657. The normalized spacial score (nSPS) is 16.8. The first-order valence-corrected chi connectivity index (χ1v) is 7.36. The molecule has 1 aliphatic rings. The molecule has 20 heavy (non-hydrogen) atoms. The van der Waals surface area contributed by atoms with Gasteiger partial charge in [-0.2, -0.15) is 0 Å². The molecule has 0 aliphatic heterocycles. The molecule has 0 saturated heterocycles. The summed E-state index contributed by atoms with van der Waals surface area (Å²) in [7, 11) is 1.48. The highest BCUT2D eigenvalue weighted by Crippen LogP contribution is 2.34. The van der Waals surface area contributed by atoms with Gasteiger partial charge in [0.25, 0.3) is 0 Å². The fourth-order valence-corrected chi connectivity index (χ4v) is 2.65. The number of methoxy groups -OCH3 is 1. The third-order valence-corrected chi connectivity index (χ3v) is 4.01. The lowest BCUT2D eigenvalue weighted by Gasteiger charge is -2.35. The Labute approximate surface area is 120 Å². The predicted octanol–water partition coefficient (Wildman–Crippen LogP) is 2.95. The number of hydrogen-bond donors (Lipinski definition) is 1. The van der Waals surface area contributed by atoms with E-state index in [1.54, 1.807) is 12.1 Å². The molecular formula is C16H25FN2O. The molecule has 4 heteroatoms. The van der Waals surface area contributed by atoms with Gasteiger partial charge in [-0.25, -0.2) is 4.39 Å². The number of benzene rings is 1. The Hall–Kier alpha value is -1.13. The van der Waals surface area contributed by atoms with Crippen LogP contribution in [-0.2, 0) is 0 Å². The van der Waals surface area contributed by atoms with Gasteiger partial charge >= 0.3 is 0 Å². The third kappa shape index (κ3) is 3.49. The quantitative estimate of drug-likeness (QED) is 0.834. The Morgan fingerprint density at radius 3 is 2.55 bits per heavy atom. The second-order valence-corrected chi connectivity index (χ2v) is 5.88. The van der Waals surface area contributed by atoms with Gasteiger partial charge < -0.3 is 10.5 Å². The highest BCUT2D eigenvalue weighted by Gasteiger charge is 2.30. The van der Waals surface area contributed by atoms with Crippen LogP contribution in [0.5, 0.6) is 5.75 Å². The van der Waals surface area contributed by atoms with Crippen LogP contribution in [0.2, 0.25) is 0 Å². The van der Waals surface area contributed by atoms with Crippen LogP contribution in [0.4, 0.5) is 4.39 Å². The Kier molecular flexibility index (Phi) is 5.00. The number of nitrogens with zero attached hydrogens (tertiary/aromatic N) is 1. The van der Waals surface area contributed by atoms with Crippen LogP contribution < -0.4 is 10.5 Å². The summed E-state index contributed by atoms with van der Waals surface area (Å²) in [6, 6.07) is 5.62. The second kappa shape index (κ2) is 6.55. The lowest BCUT2D eigenvalue weighted by Crippen LogP contribution is -2.40. The standard InChI is InChI=1S/C16H25FN2O/c1-11(2)19(10-12-4-5-12)15(9-18)13-6-7-16(20-3)14(17)8-13/h6-8,11-12,15H,4-5,9-10,18H2,1-3H3. The van der Waals surface area contributed by atoms with Crippen molar-refractivity contribution < 1.29 is 9.13 Å². The highest BCUT2D eigenvalue weighted by atomic mass is 19.1. The minimum atomic E-state index is -0.321. The van der Waals surface area contributed by atoms with Crippen molar-refractivity contribution in [3.8, 4) is 5.75 Å². The second-order valence-electron chi connectivity index (χ2n) is 5.88. The molecule has 0 amide bonds. The summed E-state index contributed by atoms with van der Waals surface area (Å²) >= 11 is 0. The zero-order valence-electron chi connectivity index (χ0n) is 12.6. The van der Waals surface area contributed by atoms with Crippen LogP contribution in [0, 0.1) is 11.7 Å². The van der Waals surface area contributed by atoms with E-state index in [0.717, 1.165) is 18.0 Å². The number of halogens is 1. The molecule has 2 N–H and O–H groups in total. The number of rotatable bonds is 7. The van der Waals surface area contributed by atoms with Crippen LogP contribution >= 0.6 is 0 Å². The van der Waals surface area contributed by atoms with Gasteiger partial charge in [0.1, 0.15) is 0 Å². The molecule has 1 aromatic rings. The molecule has 3 nitrogen and oxygen atoms in total. The Morgan fingerprint density at radius 1 is 1.40 bits per heavy atom. The summed E-state index contributed by atoms with van der Waals surface area (Å²) in [5, 5.41) is 0. The molecule has 2 rings (SSSR count). The van der Waals surface area contributed by atoms with Crippen LogP contribution in [0.25, 0.3) is 0 Å². The van der Waals surface area contributed by atoms with E-state index in [0.29, 0.717) is 12.6 Å². The smallest absolute Gasteiger partial charge is 0.165 e. The number of nitrogens with two attached hydrogens (primary N) is 1. The molecule has 0 heterocycles. The summed E-state index contributed by atoms with van der Waals surface area (Å²) in [5.41, 5.74) is 6.90. The Balaban J connectivity index is 2.22. The monoisotopic (exact) mass is 280 g/mol. The summed E-state index contributed by atoms with van der Waals surface area (Å²) in [5.74, 6) is 0.746. The molecule has 0 spiro atoms. The summed E-state index contributed by atoms with van der Waals surface area (Å²) in [6.45, 7) is 5.89. The molecule has 1 aliphatic carbocycles.